The zero-order chi connectivity index (χ0) is 16.6. The normalized spacial score (nSPS) is 10.9. The molecule has 3 rings (SSSR count). The zero-order valence-corrected chi connectivity index (χ0v) is 12.2. The van der Waals surface area contributed by atoms with Crippen LogP contribution >= 0.6 is 0 Å². The highest BCUT2D eigenvalue weighted by molar-refractivity contribution is 6.07. The summed E-state index contributed by atoms with van der Waals surface area (Å²) in [4.78, 5) is 23.7. The minimum absolute atomic E-state index is 0.000684. The number of nitrogens with one attached hydrogen (secondary N) is 1. The molecule has 0 fully saturated rings. The van der Waals surface area contributed by atoms with Crippen LogP contribution in [0.15, 0.2) is 45.6 Å². The maximum atomic E-state index is 12.9. The van der Waals surface area contributed by atoms with Crippen molar-refractivity contribution < 1.29 is 18.7 Å². The summed E-state index contributed by atoms with van der Waals surface area (Å²) in [5, 5.41) is 12.1. The largest absolute Gasteiger partial charge is 0.501 e. The molecule has 3 aromatic rings. The van der Waals surface area contributed by atoms with E-state index in [1.165, 1.54) is 25.2 Å². The van der Waals surface area contributed by atoms with Gasteiger partial charge in [-0.05, 0) is 29.8 Å². The Morgan fingerprint density at radius 2 is 1.96 bits per heavy atom. The minimum atomic E-state index is -0.688. The van der Waals surface area contributed by atoms with E-state index in [0.717, 1.165) is 10.2 Å². The SMILES string of the molecule is Cn1[nH]c(C(=O)c2ccc(Cc3ccc(F)cc3)o2)c(O)c1=O. The number of carbonyl (C=O) groups is 1. The molecule has 0 aliphatic rings. The van der Waals surface area contributed by atoms with Gasteiger partial charge in [0.1, 0.15) is 11.6 Å². The van der Waals surface area contributed by atoms with Gasteiger partial charge in [0, 0.05) is 13.5 Å². The Labute approximate surface area is 129 Å². The highest BCUT2D eigenvalue weighted by Crippen LogP contribution is 2.19. The Hall–Kier alpha value is -3.09. The van der Waals surface area contributed by atoms with Gasteiger partial charge in [0.25, 0.3) is 0 Å². The summed E-state index contributed by atoms with van der Waals surface area (Å²) in [5.74, 6) is -1.08. The zero-order valence-electron chi connectivity index (χ0n) is 12.2. The molecule has 2 N–H and O–H groups in total. The van der Waals surface area contributed by atoms with Crippen LogP contribution in [0.2, 0.25) is 0 Å². The molecule has 0 bridgehead atoms. The van der Waals surface area contributed by atoms with E-state index in [9.17, 15) is 19.1 Å². The van der Waals surface area contributed by atoms with Crippen LogP contribution in [0.5, 0.6) is 5.75 Å². The lowest BCUT2D eigenvalue weighted by molar-refractivity contribution is 0.0999. The molecule has 0 radical (unpaired) electrons. The number of aromatic amines is 1. The number of aryl methyl sites for hydroxylation is 1. The van der Waals surface area contributed by atoms with Crippen molar-refractivity contribution in [2.75, 3.05) is 0 Å². The first-order valence-corrected chi connectivity index (χ1v) is 6.81. The molecule has 6 nitrogen and oxygen atoms in total. The van der Waals surface area contributed by atoms with Crippen LogP contribution in [-0.2, 0) is 13.5 Å². The van der Waals surface area contributed by atoms with Gasteiger partial charge in [-0.2, -0.15) is 0 Å². The second-order valence-corrected chi connectivity index (χ2v) is 5.10. The van der Waals surface area contributed by atoms with Crippen molar-refractivity contribution in [2.24, 2.45) is 7.05 Å². The minimum Gasteiger partial charge on any atom is -0.501 e. The number of hydrogen-bond donors (Lipinski definition) is 2. The van der Waals surface area contributed by atoms with Crippen molar-refractivity contribution in [3.8, 4) is 5.75 Å². The number of H-pyrrole nitrogens is 1. The van der Waals surface area contributed by atoms with E-state index >= 15 is 0 Å². The second-order valence-electron chi connectivity index (χ2n) is 5.10. The van der Waals surface area contributed by atoms with Crippen LogP contribution in [0.3, 0.4) is 0 Å². The van der Waals surface area contributed by atoms with Crippen LogP contribution < -0.4 is 5.56 Å². The van der Waals surface area contributed by atoms with Crippen LogP contribution in [0.1, 0.15) is 27.6 Å². The Kier molecular flexibility index (Phi) is 3.61. The fourth-order valence-electron chi connectivity index (χ4n) is 2.22. The summed E-state index contributed by atoms with van der Waals surface area (Å²) < 4.78 is 19.3. The summed E-state index contributed by atoms with van der Waals surface area (Å²) >= 11 is 0. The molecule has 0 atom stereocenters. The van der Waals surface area contributed by atoms with Crippen LogP contribution in [0, 0.1) is 5.82 Å². The number of benzene rings is 1. The molecule has 0 spiro atoms. The first-order chi connectivity index (χ1) is 11.0. The molecule has 2 heterocycles. The third-order valence-corrected chi connectivity index (χ3v) is 3.43. The van der Waals surface area contributed by atoms with Gasteiger partial charge >= 0.3 is 5.56 Å². The van der Waals surface area contributed by atoms with E-state index in [1.54, 1.807) is 18.2 Å². The third kappa shape index (κ3) is 2.80. The van der Waals surface area contributed by atoms with Crippen LogP contribution in [-0.4, -0.2) is 20.7 Å². The molecule has 1 aromatic carbocycles. The topological polar surface area (TPSA) is 88.2 Å². The maximum absolute atomic E-state index is 12.9. The van der Waals surface area contributed by atoms with Gasteiger partial charge in [0.15, 0.2) is 11.5 Å². The van der Waals surface area contributed by atoms with Crippen molar-refractivity contribution in [1.29, 1.82) is 0 Å². The smallest absolute Gasteiger partial charge is 0.309 e. The van der Waals surface area contributed by atoms with Crippen molar-refractivity contribution in [1.82, 2.24) is 9.78 Å². The first-order valence-electron chi connectivity index (χ1n) is 6.81. The van der Waals surface area contributed by atoms with Crippen molar-refractivity contribution >= 4 is 5.78 Å². The van der Waals surface area contributed by atoms with Crippen molar-refractivity contribution in [3.05, 3.63) is 75.3 Å². The van der Waals surface area contributed by atoms with Gasteiger partial charge in [0.2, 0.25) is 11.5 Å². The average molecular weight is 316 g/mol. The third-order valence-electron chi connectivity index (χ3n) is 3.43. The van der Waals surface area contributed by atoms with Gasteiger partial charge in [0.05, 0.1) is 0 Å². The number of carbonyl (C=O) groups excluding carboxylic acids is 1. The lowest BCUT2D eigenvalue weighted by Crippen LogP contribution is -2.10. The fraction of sp³-hybridized carbons (Fsp3) is 0.125. The first kappa shape index (κ1) is 14.8. The number of hydrogen-bond acceptors (Lipinski definition) is 4. The van der Waals surface area contributed by atoms with Crippen LogP contribution in [0.25, 0.3) is 0 Å². The molecule has 0 aliphatic carbocycles. The standard InChI is InChI=1S/C16H13FN2O4/c1-19-16(22)15(21)13(18-19)14(20)12-7-6-11(23-12)8-9-2-4-10(17)5-3-9/h2-7,18,21H,8H2,1H3. The number of furan rings is 1. The Morgan fingerprint density at radius 3 is 2.57 bits per heavy atom. The van der Waals surface area contributed by atoms with E-state index in [-0.39, 0.29) is 17.3 Å². The maximum Gasteiger partial charge on any atom is 0.309 e. The number of ketones is 1. The van der Waals surface area contributed by atoms with Crippen molar-refractivity contribution in [2.45, 2.75) is 6.42 Å². The predicted molar refractivity (Wildman–Crippen MR) is 79.0 cm³/mol. The summed E-state index contributed by atoms with van der Waals surface area (Å²) in [6.45, 7) is 0. The molecule has 118 valence electrons. The van der Waals surface area contributed by atoms with E-state index < -0.39 is 17.1 Å². The van der Waals surface area contributed by atoms with E-state index in [4.69, 9.17) is 4.42 Å². The fourth-order valence-corrected chi connectivity index (χ4v) is 2.22. The van der Waals surface area contributed by atoms with Gasteiger partial charge in [-0.1, -0.05) is 12.1 Å². The molecule has 23 heavy (non-hydrogen) atoms. The molecule has 7 heteroatoms. The number of nitrogens with zero attached hydrogens (tertiary/aromatic N) is 1. The lowest BCUT2D eigenvalue weighted by Gasteiger charge is -1.98. The number of aromatic hydroxyl groups is 1. The molecular weight excluding hydrogens is 303 g/mol. The molecular formula is C16H13FN2O4. The van der Waals surface area contributed by atoms with Gasteiger partial charge in [-0.15, -0.1) is 0 Å². The summed E-state index contributed by atoms with van der Waals surface area (Å²) in [5.41, 5.74) is -0.0812. The molecule has 0 saturated heterocycles. The van der Waals surface area contributed by atoms with E-state index in [2.05, 4.69) is 5.10 Å². The summed E-state index contributed by atoms with van der Waals surface area (Å²) in [6, 6.07) is 9.02. The van der Waals surface area contributed by atoms with Crippen molar-refractivity contribution in [3.63, 3.8) is 0 Å². The van der Waals surface area contributed by atoms with Gasteiger partial charge in [-0.3, -0.25) is 19.4 Å². The Morgan fingerprint density at radius 1 is 1.26 bits per heavy atom. The number of halogens is 1. The highest BCUT2D eigenvalue weighted by Gasteiger charge is 2.22. The molecule has 0 saturated carbocycles. The Bertz CT molecular complexity index is 918. The lowest BCUT2D eigenvalue weighted by atomic mass is 10.1. The summed E-state index contributed by atoms with van der Waals surface area (Å²) in [7, 11) is 1.39. The number of rotatable bonds is 4. The Balaban J connectivity index is 1.83. The number of aromatic nitrogens is 2. The van der Waals surface area contributed by atoms with E-state index in [0.29, 0.717) is 12.2 Å². The molecule has 0 amide bonds. The molecule has 0 unspecified atom stereocenters. The van der Waals surface area contributed by atoms with Crippen LogP contribution in [0.4, 0.5) is 4.39 Å². The van der Waals surface area contributed by atoms with Gasteiger partial charge < -0.3 is 9.52 Å². The van der Waals surface area contributed by atoms with E-state index in [1.807, 2.05) is 0 Å². The highest BCUT2D eigenvalue weighted by atomic mass is 19.1. The van der Waals surface area contributed by atoms with Gasteiger partial charge in [-0.25, -0.2) is 4.39 Å². The average Bonchev–Trinajstić information content (AvgIpc) is 3.10. The quantitative estimate of drug-likeness (QED) is 0.720. The predicted octanol–water partition coefficient (Wildman–Crippen LogP) is 1.97. The molecule has 2 aromatic heterocycles. The summed E-state index contributed by atoms with van der Waals surface area (Å²) in [6.07, 6.45) is 0.394. The monoisotopic (exact) mass is 316 g/mol. The second kappa shape index (κ2) is 5.60. The molecule has 0 aliphatic heterocycles.